The van der Waals surface area contributed by atoms with Crippen molar-refractivity contribution in [3.8, 4) is 0 Å². The van der Waals surface area contributed by atoms with Crippen LogP contribution >= 0.6 is 22.6 Å². The van der Waals surface area contributed by atoms with Crippen molar-refractivity contribution in [3.63, 3.8) is 0 Å². The van der Waals surface area contributed by atoms with Gasteiger partial charge in [-0.15, -0.1) is 0 Å². The molecule has 0 aromatic carbocycles. The van der Waals surface area contributed by atoms with Crippen molar-refractivity contribution in [2.45, 2.75) is 52.4 Å². The van der Waals surface area contributed by atoms with Crippen LogP contribution in [0.4, 0.5) is 5.82 Å². The van der Waals surface area contributed by atoms with Crippen molar-refractivity contribution in [1.29, 1.82) is 0 Å². The molecule has 1 aromatic heterocycles. The first-order valence-electron chi connectivity index (χ1n) is 6.72. The van der Waals surface area contributed by atoms with Gasteiger partial charge in [-0.25, -0.2) is 9.97 Å². The number of halogens is 1. The van der Waals surface area contributed by atoms with Gasteiger partial charge in [0, 0.05) is 18.4 Å². The number of hydrogen-bond donors (Lipinski definition) is 1. The maximum atomic E-state index is 4.81. The molecule has 1 heterocycles. The van der Waals surface area contributed by atoms with Gasteiger partial charge in [0.15, 0.2) is 0 Å². The Morgan fingerprint density at radius 1 is 1.28 bits per heavy atom. The SMILES string of the molecule is CCNc1nc(CC2CC2)nc(C(C)(C)C)c1I. The lowest BCUT2D eigenvalue weighted by Gasteiger charge is -2.22. The van der Waals surface area contributed by atoms with Crippen LogP contribution in [0.3, 0.4) is 0 Å². The number of hydrogen-bond acceptors (Lipinski definition) is 3. The molecule has 1 fully saturated rings. The Hall–Kier alpha value is -0.390. The third-order valence-electron chi connectivity index (χ3n) is 3.12. The summed E-state index contributed by atoms with van der Waals surface area (Å²) in [4.78, 5) is 9.49. The van der Waals surface area contributed by atoms with Crippen molar-refractivity contribution >= 4 is 28.4 Å². The average Bonchev–Trinajstić information content (AvgIpc) is 3.05. The molecule has 0 atom stereocenters. The number of anilines is 1. The summed E-state index contributed by atoms with van der Waals surface area (Å²) < 4.78 is 1.17. The largest absolute Gasteiger partial charge is 0.369 e. The van der Waals surface area contributed by atoms with E-state index in [9.17, 15) is 0 Å². The van der Waals surface area contributed by atoms with Crippen LogP contribution in [0.2, 0.25) is 0 Å². The summed E-state index contributed by atoms with van der Waals surface area (Å²) in [7, 11) is 0. The highest BCUT2D eigenvalue weighted by Crippen LogP contribution is 2.34. The Morgan fingerprint density at radius 2 is 1.94 bits per heavy atom. The normalized spacial score (nSPS) is 15.8. The third kappa shape index (κ3) is 3.33. The van der Waals surface area contributed by atoms with Crippen LogP contribution in [0.25, 0.3) is 0 Å². The molecule has 1 N–H and O–H groups in total. The molecule has 2 rings (SSSR count). The molecule has 0 aliphatic heterocycles. The molecule has 3 nitrogen and oxygen atoms in total. The lowest BCUT2D eigenvalue weighted by atomic mass is 9.92. The highest BCUT2D eigenvalue weighted by Gasteiger charge is 2.26. The van der Waals surface area contributed by atoms with Crippen LogP contribution < -0.4 is 5.32 Å². The van der Waals surface area contributed by atoms with E-state index in [1.807, 2.05) is 0 Å². The van der Waals surface area contributed by atoms with E-state index < -0.39 is 0 Å². The number of aromatic nitrogens is 2. The molecular weight excluding hydrogens is 337 g/mol. The Labute approximate surface area is 123 Å². The van der Waals surface area contributed by atoms with Gasteiger partial charge < -0.3 is 5.32 Å². The first-order chi connectivity index (χ1) is 8.41. The molecule has 4 heteroatoms. The van der Waals surface area contributed by atoms with Gasteiger partial charge in [-0.1, -0.05) is 20.8 Å². The first-order valence-corrected chi connectivity index (χ1v) is 7.80. The Morgan fingerprint density at radius 3 is 2.44 bits per heavy atom. The molecule has 0 saturated heterocycles. The van der Waals surface area contributed by atoms with Gasteiger partial charge in [0.2, 0.25) is 0 Å². The third-order valence-corrected chi connectivity index (χ3v) is 4.14. The summed E-state index contributed by atoms with van der Waals surface area (Å²) in [6.07, 6.45) is 3.73. The predicted octanol–water partition coefficient (Wildman–Crippen LogP) is 3.76. The minimum Gasteiger partial charge on any atom is -0.369 e. The molecule has 1 saturated carbocycles. The Balaban J connectivity index is 2.39. The van der Waals surface area contributed by atoms with Crippen LogP contribution in [0.15, 0.2) is 0 Å². The van der Waals surface area contributed by atoms with E-state index in [2.05, 4.69) is 60.6 Å². The Bertz CT molecular complexity index is 433. The van der Waals surface area contributed by atoms with Crippen molar-refractivity contribution < 1.29 is 0 Å². The van der Waals surface area contributed by atoms with Gasteiger partial charge in [0.25, 0.3) is 0 Å². The van der Waals surface area contributed by atoms with Crippen LogP contribution in [0.5, 0.6) is 0 Å². The summed E-state index contributed by atoms with van der Waals surface area (Å²) >= 11 is 2.37. The second-order valence-electron chi connectivity index (χ2n) is 6.08. The van der Waals surface area contributed by atoms with Crippen LogP contribution in [-0.4, -0.2) is 16.5 Å². The second kappa shape index (κ2) is 5.31. The summed E-state index contributed by atoms with van der Waals surface area (Å²) in [5.41, 5.74) is 1.24. The average molecular weight is 359 g/mol. The minimum atomic E-state index is 0.0714. The molecule has 1 aliphatic carbocycles. The van der Waals surface area contributed by atoms with Crippen LogP contribution in [0.1, 0.15) is 52.1 Å². The summed E-state index contributed by atoms with van der Waals surface area (Å²) in [5, 5.41) is 3.36. The van der Waals surface area contributed by atoms with E-state index in [-0.39, 0.29) is 5.41 Å². The van der Waals surface area contributed by atoms with Gasteiger partial charge in [-0.3, -0.25) is 0 Å². The molecule has 0 bridgehead atoms. The maximum absolute atomic E-state index is 4.81. The van der Waals surface area contributed by atoms with Crippen molar-refractivity contribution in [2.75, 3.05) is 11.9 Å². The quantitative estimate of drug-likeness (QED) is 0.832. The second-order valence-corrected chi connectivity index (χ2v) is 7.16. The van der Waals surface area contributed by atoms with Gasteiger partial charge >= 0.3 is 0 Å². The van der Waals surface area contributed by atoms with Crippen LogP contribution in [0, 0.1) is 9.49 Å². The zero-order valence-electron chi connectivity index (χ0n) is 11.7. The van der Waals surface area contributed by atoms with E-state index in [0.29, 0.717) is 0 Å². The van der Waals surface area contributed by atoms with Crippen molar-refractivity contribution in [1.82, 2.24) is 9.97 Å². The molecule has 1 aromatic rings. The van der Waals surface area contributed by atoms with E-state index in [1.54, 1.807) is 0 Å². The van der Waals surface area contributed by atoms with Crippen LogP contribution in [-0.2, 0) is 11.8 Å². The standard InChI is InChI=1S/C14H22IN3/c1-5-16-13-11(15)12(14(2,3)4)17-10(18-13)8-9-6-7-9/h9H,5-8H2,1-4H3,(H,16,17,18). The van der Waals surface area contributed by atoms with Crippen molar-refractivity contribution in [3.05, 3.63) is 15.1 Å². The van der Waals surface area contributed by atoms with Gasteiger partial charge in [0.1, 0.15) is 11.6 Å². The first kappa shape index (κ1) is 14.0. The molecular formula is C14H22IN3. The lowest BCUT2D eigenvalue weighted by Crippen LogP contribution is -2.20. The molecule has 100 valence electrons. The monoisotopic (exact) mass is 359 g/mol. The van der Waals surface area contributed by atoms with Crippen molar-refractivity contribution in [2.24, 2.45) is 5.92 Å². The zero-order valence-corrected chi connectivity index (χ0v) is 13.8. The molecule has 0 unspecified atom stereocenters. The summed E-state index contributed by atoms with van der Waals surface area (Å²) in [6, 6.07) is 0. The van der Waals surface area contributed by atoms with E-state index in [4.69, 9.17) is 4.98 Å². The lowest BCUT2D eigenvalue weighted by molar-refractivity contribution is 0.556. The maximum Gasteiger partial charge on any atom is 0.143 e. The Kier molecular flexibility index (Phi) is 4.14. The van der Waals surface area contributed by atoms with E-state index in [0.717, 1.165) is 30.5 Å². The molecule has 0 amide bonds. The highest BCUT2D eigenvalue weighted by atomic mass is 127. The number of rotatable bonds is 4. The molecule has 0 spiro atoms. The van der Waals surface area contributed by atoms with E-state index >= 15 is 0 Å². The molecule has 0 radical (unpaired) electrons. The topological polar surface area (TPSA) is 37.8 Å². The zero-order chi connectivity index (χ0) is 13.3. The summed E-state index contributed by atoms with van der Waals surface area (Å²) in [6.45, 7) is 9.66. The van der Waals surface area contributed by atoms with E-state index in [1.165, 1.54) is 22.1 Å². The van der Waals surface area contributed by atoms with Gasteiger partial charge in [0.05, 0.1) is 9.26 Å². The predicted molar refractivity (Wildman–Crippen MR) is 84.0 cm³/mol. The fourth-order valence-corrected chi connectivity index (χ4v) is 3.19. The fourth-order valence-electron chi connectivity index (χ4n) is 1.95. The minimum absolute atomic E-state index is 0.0714. The smallest absolute Gasteiger partial charge is 0.143 e. The number of nitrogens with one attached hydrogen (secondary N) is 1. The van der Waals surface area contributed by atoms with Gasteiger partial charge in [-0.05, 0) is 48.3 Å². The highest BCUT2D eigenvalue weighted by molar-refractivity contribution is 14.1. The number of nitrogens with zero attached hydrogens (tertiary/aromatic N) is 2. The fraction of sp³-hybridized carbons (Fsp3) is 0.714. The van der Waals surface area contributed by atoms with Gasteiger partial charge in [-0.2, -0.15) is 0 Å². The molecule has 1 aliphatic rings. The summed E-state index contributed by atoms with van der Waals surface area (Å²) in [5.74, 6) is 2.85. The molecule has 18 heavy (non-hydrogen) atoms.